The fraction of sp³-hybridized carbons (Fsp3) is 0.733. The van der Waals surface area contributed by atoms with E-state index in [2.05, 4.69) is 44.6 Å². The second kappa shape index (κ2) is 5.98. The van der Waals surface area contributed by atoms with Crippen LogP contribution in [0, 0.1) is 5.92 Å². The SMILES string of the molecule is CC(C)c1nc(Br)cc(N2CCN(CC3CC3)CC2)n1. The minimum Gasteiger partial charge on any atom is -0.354 e. The van der Waals surface area contributed by atoms with Gasteiger partial charge in [-0.3, -0.25) is 4.90 Å². The van der Waals surface area contributed by atoms with E-state index in [9.17, 15) is 0 Å². The summed E-state index contributed by atoms with van der Waals surface area (Å²) >= 11 is 3.51. The van der Waals surface area contributed by atoms with Gasteiger partial charge in [0, 0.05) is 44.7 Å². The molecule has 110 valence electrons. The molecule has 1 aromatic rings. The van der Waals surface area contributed by atoms with E-state index in [1.165, 1.54) is 19.4 Å². The van der Waals surface area contributed by atoms with Crippen LogP contribution in [-0.4, -0.2) is 47.6 Å². The molecular formula is C15H23BrN4. The zero-order valence-electron chi connectivity index (χ0n) is 12.3. The van der Waals surface area contributed by atoms with Crippen LogP contribution in [0.5, 0.6) is 0 Å². The first kappa shape index (κ1) is 14.3. The van der Waals surface area contributed by atoms with Crippen molar-refractivity contribution in [2.45, 2.75) is 32.6 Å². The highest BCUT2D eigenvalue weighted by atomic mass is 79.9. The van der Waals surface area contributed by atoms with Crippen LogP contribution in [0.25, 0.3) is 0 Å². The van der Waals surface area contributed by atoms with Crippen molar-refractivity contribution in [3.63, 3.8) is 0 Å². The van der Waals surface area contributed by atoms with Crippen molar-refractivity contribution in [2.75, 3.05) is 37.6 Å². The smallest absolute Gasteiger partial charge is 0.134 e. The summed E-state index contributed by atoms with van der Waals surface area (Å²) in [6, 6.07) is 2.04. The highest BCUT2D eigenvalue weighted by molar-refractivity contribution is 9.10. The number of hydrogen-bond acceptors (Lipinski definition) is 4. The molecule has 1 saturated carbocycles. The fourth-order valence-electron chi connectivity index (χ4n) is 2.67. The summed E-state index contributed by atoms with van der Waals surface area (Å²) in [4.78, 5) is 14.2. The Morgan fingerprint density at radius 3 is 2.50 bits per heavy atom. The molecule has 3 rings (SSSR count). The summed E-state index contributed by atoms with van der Waals surface area (Å²) in [5.74, 6) is 3.35. The van der Waals surface area contributed by atoms with E-state index >= 15 is 0 Å². The summed E-state index contributed by atoms with van der Waals surface area (Å²) in [7, 11) is 0. The molecule has 0 bridgehead atoms. The van der Waals surface area contributed by atoms with Crippen LogP contribution < -0.4 is 4.90 Å². The van der Waals surface area contributed by atoms with Crippen molar-refractivity contribution in [3.05, 3.63) is 16.5 Å². The molecule has 0 aromatic carbocycles. The maximum absolute atomic E-state index is 4.72. The molecule has 20 heavy (non-hydrogen) atoms. The van der Waals surface area contributed by atoms with Crippen LogP contribution in [0.1, 0.15) is 38.4 Å². The molecule has 2 aliphatic rings. The van der Waals surface area contributed by atoms with Crippen LogP contribution in [0.2, 0.25) is 0 Å². The van der Waals surface area contributed by atoms with Crippen molar-refractivity contribution in [1.82, 2.24) is 14.9 Å². The number of nitrogens with zero attached hydrogens (tertiary/aromatic N) is 4. The molecule has 0 atom stereocenters. The van der Waals surface area contributed by atoms with Crippen LogP contribution in [0.15, 0.2) is 10.7 Å². The largest absolute Gasteiger partial charge is 0.354 e. The Morgan fingerprint density at radius 2 is 1.90 bits per heavy atom. The number of anilines is 1. The van der Waals surface area contributed by atoms with Crippen molar-refractivity contribution < 1.29 is 0 Å². The van der Waals surface area contributed by atoms with E-state index in [4.69, 9.17) is 4.98 Å². The maximum Gasteiger partial charge on any atom is 0.134 e. The van der Waals surface area contributed by atoms with Gasteiger partial charge in [0.05, 0.1) is 0 Å². The van der Waals surface area contributed by atoms with Crippen molar-refractivity contribution in [3.8, 4) is 0 Å². The van der Waals surface area contributed by atoms with Crippen molar-refractivity contribution in [2.24, 2.45) is 5.92 Å². The van der Waals surface area contributed by atoms with Gasteiger partial charge in [-0.2, -0.15) is 0 Å². The van der Waals surface area contributed by atoms with E-state index in [-0.39, 0.29) is 0 Å². The summed E-state index contributed by atoms with van der Waals surface area (Å²) in [6.07, 6.45) is 2.88. The standard InChI is InChI=1S/C15H23BrN4/c1-11(2)15-17-13(16)9-14(18-15)20-7-5-19(6-8-20)10-12-3-4-12/h9,11-12H,3-8,10H2,1-2H3. The molecule has 0 radical (unpaired) electrons. The minimum absolute atomic E-state index is 0.363. The normalized spacial score (nSPS) is 20.7. The molecule has 1 aliphatic carbocycles. The molecule has 0 spiro atoms. The third-order valence-corrected chi connectivity index (χ3v) is 4.53. The predicted octanol–water partition coefficient (Wildman–Crippen LogP) is 2.89. The average molecular weight is 339 g/mol. The van der Waals surface area contributed by atoms with Gasteiger partial charge in [-0.25, -0.2) is 9.97 Å². The van der Waals surface area contributed by atoms with Gasteiger partial charge in [0.25, 0.3) is 0 Å². The molecule has 5 heteroatoms. The highest BCUT2D eigenvalue weighted by Gasteiger charge is 2.26. The molecule has 1 aliphatic heterocycles. The Hall–Kier alpha value is -0.680. The van der Waals surface area contributed by atoms with E-state index in [1.54, 1.807) is 0 Å². The topological polar surface area (TPSA) is 32.3 Å². The molecule has 1 saturated heterocycles. The maximum atomic E-state index is 4.72. The molecule has 2 heterocycles. The number of rotatable bonds is 4. The van der Waals surface area contributed by atoms with E-state index in [0.717, 1.165) is 48.3 Å². The zero-order chi connectivity index (χ0) is 14.1. The summed E-state index contributed by atoms with van der Waals surface area (Å²) in [5.41, 5.74) is 0. The van der Waals surface area contributed by atoms with Crippen molar-refractivity contribution in [1.29, 1.82) is 0 Å². The summed E-state index contributed by atoms with van der Waals surface area (Å²) < 4.78 is 0.895. The minimum atomic E-state index is 0.363. The lowest BCUT2D eigenvalue weighted by atomic mass is 10.2. The lowest BCUT2D eigenvalue weighted by Crippen LogP contribution is -2.47. The highest BCUT2D eigenvalue weighted by Crippen LogP contribution is 2.30. The first-order chi connectivity index (χ1) is 9.61. The lowest BCUT2D eigenvalue weighted by Gasteiger charge is -2.35. The predicted molar refractivity (Wildman–Crippen MR) is 85.2 cm³/mol. The first-order valence-corrected chi connectivity index (χ1v) is 8.43. The fourth-order valence-corrected chi connectivity index (χ4v) is 3.05. The van der Waals surface area contributed by atoms with Crippen LogP contribution in [-0.2, 0) is 0 Å². The van der Waals surface area contributed by atoms with Gasteiger partial charge < -0.3 is 4.90 Å². The first-order valence-electron chi connectivity index (χ1n) is 7.63. The Labute approximate surface area is 129 Å². The second-order valence-electron chi connectivity index (χ2n) is 6.29. The van der Waals surface area contributed by atoms with Gasteiger partial charge in [0.15, 0.2) is 0 Å². The molecule has 1 aromatic heterocycles. The molecule has 2 fully saturated rings. The Kier molecular flexibility index (Phi) is 4.26. The summed E-state index contributed by atoms with van der Waals surface area (Å²) in [5, 5.41) is 0. The second-order valence-corrected chi connectivity index (χ2v) is 7.11. The molecular weight excluding hydrogens is 316 g/mol. The third-order valence-electron chi connectivity index (χ3n) is 4.12. The quantitative estimate of drug-likeness (QED) is 0.790. The molecule has 0 N–H and O–H groups in total. The van der Waals surface area contributed by atoms with Gasteiger partial charge in [-0.05, 0) is 34.7 Å². The van der Waals surface area contributed by atoms with Gasteiger partial charge in [0.1, 0.15) is 16.2 Å². The Morgan fingerprint density at radius 1 is 1.20 bits per heavy atom. The van der Waals surface area contributed by atoms with E-state index in [1.807, 2.05) is 6.07 Å². The van der Waals surface area contributed by atoms with Crippen LogP contribution in [0.4, 0.5) is 5.82 Å². The number of hydrogen-bond donors (Lipinski definition) is 0. The van der Waals surface area contributed by atoms with Crippen molar-refractivity contribution >= 4 is 21.7 Å². The van der Waals surface area contributed by atoms with Gasteiger partial charge in [-0.1, -0.05) is 13.8 Å². The van der Waals surface area contributed by atoms with Gasteiger partial charge in [0.2, 0.25) is 0 Å². The molecule has 4 nitrogen and oxygen atoms in total. The number of piperazine rings is 1. The Bertz CT molecular complexity index is 465. The van der Waals surface area contributed by atoms with Gasteiger partial charge >= 0.3 is 0 Å². The van der Waals surface area contributed by atoms with E-state index in [0.29, 0.717) is 5.92 Å². The van der Waals surface area contributed by atoms with E-state index < -0.39 is 0 Å². The number of halogens is 1. The third kappa shape index (κ3) is 3.50. The Balaban J connectivity index is 1.64. The number of aromatic nitrogens is 2. The lowest BCUT2D eigenvalue weighted by molar-refractivity contribution is 0.247. The van der Waals surface area contributed by atoms with Crippen LogP contribution >= 0.6 is 15.9 Å². The monoisotopic (exact) mass is 338 g/mol. The zero-order valence-corrected chi connectivity index (χ0v) is 13.9. The molecule has 0 amide bonds. The van der Waals surface area contributed by atoms with Gasteiger partial charge in [-0.15, -0.1) is 0 Å². The average Bonchev–Trinajstić information content (AvgIpc) is 3.23. The van der Waals surface area contributed by atoms with Crippen LogP contribution in [0.3, 0.4) is 0 Å². The molecule has 0 unspecified atom stereocenters. The summed E-state index contributed by atoms with van der Waals surface area (Å²) in [6.45, 7) is 10.1.